The fourth-order valence-electron chi connectivity index (χ4n) is 1.84. The molecule has 0 N–H and O–H groups in total. The zero-order valence-electron chi connectivity index (χ0n) is 8.64. The van der Waals surface area contributed by atoms with E-state index in [4.69, 9.17) is 23.2 Å². The number of rotatable bonds is 5. The van der Waals surface area contributed by atoms with Gasteiger partial charge in [0.1, 0.15) is 5.17 Å². The Morgan fingerprint density at radius 3 is 2.50 bits per heavy atom. The van der Waals surface area contributed by atoms with Gasteiger partial charge in [0.2, 0.25) is 0 Å². The summed E-state index contributed by atoms with van der Waals surface area (Å²) in [5.74, 6) is 0.730. The number of halogens is 2. The highest BCUT2D eigenvalue weighted by molar-refractivity contribution is 6.65. The van der Waals surface area contributed by atoms with Crippen LogP contribution in [0.2, 0.25) is 0 Å². The van der Waals surface area contributed by atoms with Crippen molar-refractivity contribution in [3.05, 3.63) is 0 Å². The van der Waals surface area contributed by atoms with Crippen molar-refractivity contribution in [2.75, 3.05) is 5.88 Å². The minimum atomic E-state index is 0.507. The molecule has 0 heterocycles. The topological polar surface area (TPSA) is 12.4 Å². The summed E-state index contributed by atoms with van der Waals surface area (Å²) in [5.41, 5.74) is 0. The second-order valence-electron chi connectivity index (χ2n) is 3.94. The Bertz CT molecular complexity index is 174. The molecular formula is C11H19Cl2N. The summed E-state index contributed by atoms with van der Waals surface area (Å²) < 4.78 is 0. The molecule has 1 aliphatic carbocycles. The normalized spacial score (nSPS) is 20.0. The van der Waals surface area contributed by atoms with Crippen molar-refractivity contribution in [2.45, 2.75) is 57.4 Å². The molecule has 1 rings (SSSR count). The van der Waals surface area contributed by atoms with Gasteiger partial charge in [0, 0.05) is 12.3 Å². The lowest BCUT2D eigenvalue weighted by atomic mass is 9.96. The summed E-state index contributed by atoms with van der Waals surface area (Å²) >= 11 is 11.7. The van der Waals surface area contributed by atoms with Gasteiger partial charge in [-0.15, -0.1) is 11.6 Å². The van der Waals surface area contributed by atoms with E-state index in [1.165, 1.54) is 32.1 Å². The van der Waals surface area contributed by atoms with Crippen molar-refractivity contribution in [3.8, 4) is 0 Å². The molecule has 0 atom stereocenters. The minimum Gasteiger partial charge on any atom is -0.274 e. The Labute approximate surface area is 96.9 Å². The first-order valence-corrected chi connectivity index (χ1v) is 6.52. The lowest BCUT2D eigenvalue weighted by Gasteiger charge is -2.17. The van der Waals surface area contributed by atoms with Crippen molar-refractivity contribution in [1.82, 2.24) is 0 Å². The van der Waals surface area contributed by atoms with E-state index in [1.807, 2.05) is 0 Å². The van der Waals surface area contributed by atoms with E-state index >= 15 is 0 Å². The quantitative estimate of drug-likeness (QED) is 0.382. The van der Waals surface area contributed by atoms with Crippen LogP contribution in [0.25, 0.3) is 0 Å². The number of aliphatic imine (C=N–C) groups is 1. The van der Waals surface area contributed by atoms with Crippen LogP contribution in [0.3, 0.4) is 0 Å². The van der Waals surface area contributed by atoms with Crippen molar-refractivity contribution >= 4 is 28.4 Å². The summed E-state index contributed by atoms with van der Waals surface area (Å²) in [6.45, 7) is 0. The van der Waals surface area contributed by atoms with Crippen LogP contribution in [0.1, 0.15) is 51.4 Å². The van der Waals surface area contributed by atoms with Gasteiger partial charge < -0.3 is 0 Å². The van der Waals surface area contributed by atoms with Gasteiger partial charge in [0.25, 0.3) is 0 Å². The van der Waals surface area contributed by atoms with E-state index < -0.39 is 0 Å². The van der Waals surface area contributed by atoms with Gasteiger partial charge in [-0.25, -0.2) is 0 Å². The average Bonchev–Trinajstić information content (AvgIpc) is 2.20. The molecule has 0 aromatic rings. The molecule has 0 aliphatic heterocycles. The fourth-order valence-corrected chi connectivity index (χ4v) is 2.30. The predicted molar refractivity (Wildman–Crippen MR) is 64.7 cm³/mol. The number of nitrogens with zero attached hydrogens (tertiary/aromatic N) is 1. The molecule has 0 radical (unpaired) electrons. The smallest absolute Gasteiger partial charge is 0.101 e. The Morgan fingerprint density at radius 1 is 1.14 bits per heavy atom. The third kappa shape index (κ3) is 5.21. The number of hydrogen-bond acceptors (Lipinski definition) is 1. The van der Waals surface area contributed by atoms with Crippen molar-refractivity contribution in [2.24, 2.45) is 4.99 Å². The maximum Gasteiger partial charge on any atom is 0.101 e. The zero-order valence-corrected chi connectivity index (χ0v) is 10.2. The van der Waals surface area contributed by atoms with Crippen LogP contribution < -0.4 is 0 Å². The zero-order chi connectivity index (χ0) is 10.2. The molecule has 0 amide bonds. The van der Waals surface area contributed by atoms with Gasteiger partial charge in [-0.3, -0.25) is 4.99 Å². The number of alkyl halides is 1. The second-order valence-corrected chi connectivity index (χ2v) is 4.76. The predicted octanol–water partition coefficient (Wildman–Crippen LogP) is 4.37. The van der Waals surface area contributed by atoms with E-state index in [-0.39, 0.29) is 0 Å². The van der Waals surface area contributed by atoms with Crippen molar-refractivity contribution in [3.63, 3.8) is 0 Å². The summed E-state index contributed by atoms with van der Waals surface area (Å²) in [6, 6.07) is 0.507. The van der Waals surface area contributed by atoms with Crippen LogP contribution >= 0.6 is 23.2 Å². The highest BCUT2D eigenvalue weighted by Crippen LogP contribution is 2.21. The highest BCUT2D eigenvalue weighted by atomic mass is 35.5. The van der Waals surface area contributed by atoms with E-state index in [1.54, 1.807) is 0 Å². The van der Waals surface area contributed by atoms with E-state index in [9.17, 15) is 0 Å². The van der Waals surface area contributed by atoms with Gasteiger partial charge in [-0.1, -0.05) is 30.9 Å². The van der Waals surface area contributed by atoms with Gasteiger partial charge in [0.15, 0.2) is 0 Å². The maximum absolute atomic E-state index is 6.06. The lowest BCUT2D eigenvalue weighted by molar-refractivity contribution is 0.443. The summed E-state index contributed by atoms with van der Waals surface area (Å²) in [6.07, 6.45) is 9.48. The van der Waals surface area contributed by atoms with Crippen LogP contribution in [0.15, 0.2) is 4.99 Å². The summed E-state index contributed by atoms with van der Waals surface area (Å²) in [4.78, 5) is 4.55. The standard InChI is InChI=1S/C11H19Cl2N/c12-9-5-4-8-11(13)14-10-6-2-1-3-7-10/h10H,1-9H2. The third-order valence-electron chi connectivity index (χ3n) is 2.66. The molecule has 1 saturated carbocycles. The molecule has 0 bridgehead atoms. The second kappa shape index (κ2) is 7.53. The highest BCUT2D eigenvalue weighted by Gasteiger charge is 2.12. The fraction of sp³-hybridized carbons (Fsp3) is 0.909. The summed E-state index contributed by atoms with van der Waals surface area (Å²) in [5, 5.41) is 0.807. The van der Waals surface area contributed by atoms with Crippen LogP contribution in [-0.2, 0) is 0 Å². The largest absolute Gasteiger partial charge is 0.274 e. The molecule has 0 aromatic heterocycles. The molecule has 82 valence electrons. The molecule has 0 saturated heterocycles. The molecule has 1 nitrogen and oxygen atoms in total. The van der Waals surface area contributed by atoms with Gasteiger partial charge in [-0.2, -0.15) is 0 Å². The first kappa shape index (κ1) is 12.3. The maximum atomic E-state index is 6.06. The van der Waals surface area contributed by atoms with Crippen LogP contribution in [0.4, 0.5) is 0 Å². The first-order chi connectivity index (χ1) is 6.83. The number of unbranched alkanes of at least 4 members (excludes halogenated alkanes) is 1. The van der Waals surface area contributed by atoms with Crippen LogP contribution in [0, 0.1) is 0 Å². The van der Waals surface area contributed by atoms with Gasteiger partial charge in [-0.05, 0) is 25.7 Å². The minimum absolute atomic E-state index is 0.507. The van der Waals surface area contributed by atoms with Crippen LogP contribution in [-0.4, -0.2) is 17.1 Å². The van der Waals surface area contributed by atoms with Crippen LogP contribution in [0.5, 0.6) is 0 Å². The van der Waals surface area contributed by atoms with Crippen molar-refractivity contribution < 1.29 is 0 Å². The molecule has 0 aromatic carbocycles. The van der Waals surface area contributed by atoms with E-state index in [0.717, 1.165) is 30.3 Å². The SMILES string of the molecule is ClCCCCC(Cl)=NC1CCCCC1. The Morgan fingerprint density at radius 2 is 1.86 bits per heavy atom. The Kier molecular flexibility index (Phi) is 6.63. The third-order valence-corrected chi connectivity index (χ3v) is 3.22. The molecular weight excluding hydrogens is 217 g/mol. The molecule has 14 heavy (non-hydrogen) atoms. The lowest BCUT2D eigenvalue weighted by Crippen LogP contribution is -2.11. The molecule has 1 fully saturated rings. The number of hydrogen-bond donors (Lipinski definition) is 0. The molecule has 0 unspecified atom stereocenters. The van der Waals surface area contributed by atoms with Gasteiger partial charge in [0.05, 0.1) is 6.04 Å². The Hall–Kier alpha value is 0.250. The molecule has 1 aliphatic rings. The van der Waals surface area contributed by atoms with Gasteiger partial charge >= 0.3 is 0 Å². The first-order valence-electron chi connectivity index (χ1n) is 5.61. The summed E-state index contributed by atoms with van der Waals surface area (Å²) in [7, 11) is 0. The van der Waals surface area contributed by atoms with E-state index in [2.05, 4.69) is 4.99 Å². The van der Waals surface area contributed by atoms with Crippen molar-refractivity contribution in [1.29, 1.82) is 0 Å². The molecule has 3 heteroatoms. The average molecular weight is 236 g/mol. The monoisotopic (exact) mass is 235 g/mol. The Balaban J connectivity index is 2.19. The molecule has 0 spiro atoms. The van der Waals surface area contributed by atoms with E-state index in [0.29, 0.717) is 6.04 Å².